The molecule has 0 spiro atoms. The Morgan fingerprint density at radius 1 is 1.50 bits per heavy atom. The van der Waals surface area contributed by atoms with E-state index in [1.54, 1.807) is 0 Å². The lowest BCUT2D eigenvalue weighted by molar-refractivity contribution is 0.634. The molecule has 1 aromatic heterocycles. The van der Waals surface area contributed by atoms with Gasteiger partial charge in [-0.25, -0.2) is 0 Å². The highest BCUT2D eigenvalue weighted by molar-refractivity contribution is 5.16. The molecule has 0 fully saturated rings. The minimum atomic E-state index is 0.605. The first-order valence-electron chi connectivity index (χ1n) is 4.36. The van der Waals surface area contributed by atoms with Crippen LogP contribution in [0.4, 0.5) is 0 Å². The van der Waals surface area contributed by atoms with E-state index in [1.807, 2.05) is 12.3 Å². The van der Waals surface area contributed by atoms with Gasteiger partial charge in [0.15, 0.2) is 0 Å². The molecule has 1 heterocycles. The van der Waals surface area contributed by atoms with E-state index in [-0.39, 0.29) is 0 Å². The lowest BCUT2D eigenvalue weighted by Gasteiger charge is -2.04. The molecule has 0 aliphatic heterocycles. The molecule has 2 nitrogen and oxygen atoms in total. The fraction of sp³-hybridized carbons (Fsp3) is 0.500. The molecule has 0 atom stereocenters. The van der Waals surface area contributed by atoms with Crippen LogP contribution in [0, 0.1) is 5.92 Å². The predicted molar refractivity (Wildman–Crippen MR) is 50.7 cm³/mol. The molecule has 0 radical (unpaired) electrons. The Labute approximate surface area is 73.8 Å². The molecule has 12 heavy (non-hydrogen) atoms. The second-order valence-electron chi connectivity index (χ2n) is 3.46. The molecule has 2 N–H and O–H groups in total. The zero-order valence-corrected chi connectivity index (χ0v) is 7.75. The van der Waals surface area contributed by atoms with Gasteiger partial charge in [-0.3, -0.25) is 4.98 Å². The molecule has 66 valence electrons. The van der Waals surface area contributed by atoms with Crippen LogP contribution in [0.25, 0.3) is 0 Å². The van der Waals surface area contributed by atoms with Crippen LogP contribution in [0.3, 0.4) is 0 Å². The van der Waals surface area contributed by atoms with Crippen LogP contribution in [-0.4, -0.2) is 4.98 Å². The molecule has 2 heteroatoms. The second-order valence-corrected chi connectivity index (χ2v) is 3.46. The fourth-order valence-electron chi connectivity index (χ4n) is 1.19. The van der Waals surface area contributed by atoms with Crippen molar-refractivity contribution in [2.24, 2.45) is 11.7 Å². The van der Waals surface area contributed by atoms with Gasteiger partial charge in [-0.05, 0) is 30.0 Å². The molecule has 1 aromatic rings. The van der Waals surface area contributed by atoms with E-state index < -0.39 is 0 Å². The maximum atomic E-state index is 5.52. The summed E-state index contributed by atoms with van der Waals surface area (Å²) in [4.78, 5) is 4.27. The summed E-state index contributed by atoms with van der Waals surface area (Å²) in [6.07, 6.45) is 2.87. The van der Waals surface area contributed by atoms with E-state index in [0.29, 0.717) is 12.5 Å². The minimum absolute atomic E-state index is 0.605. The highest BCUT2D eigenvalue weighted by Crippen LogP contribution is 2.06. The van der Waals surface area contributed by atoms with E-state index in [0.717, 1.165) is 12.1 Å². The molecule has 0 saturated heterocycles. The lowest BCUT2D eigenvalue weighted by Crippen LogP contribution is -2.01. The zero-order chi connectivity index (χ0) is 8.97. The zero-order valence-electron chi connectivity index (χ0n) is 7.75. The normalized spacial score (nSPS) is 10.7. The summed E-state index contributed by atoms with van der Waals surface area (Å²) in [6, 6.07) is 4.05. The standard InChI is InChI=1S/C10H16N2/c1-8(2)5-10-6-9(7-11)3-4-12-10/h3-4,6,8H,5,7,11H2,1-2H3. The smallest absolute Gasteiger partial charge is 0.0409 e. The average Bonchev–Trinajstić information content (AvgIpc) is 2.03. The monoisotopic (exact) mass is 164 g/mol. The number of hydrogen-bond donors (Lipinski definition) is 1. The average molecular weight is 164 g/mol. The van der Waals surface area contributed by atoms with Crippen LogP contribution in [-0.2, 0) is 13.0 Å². The van der Waals surface area contributed by atoms with Gasteiger partial charge in [0.25, 0.3) is 0 Å². The first kappa shape index (κ1) is 9.20. The van der Waals surface area contributed by atoms with Crippen LogP contribution >= 0.6 is 0 Å². The van der Waals surface area contributed by atoms with Gasteiger partial charge in [0, 0.05) is 18.4 Å². The largest absolute Gasteiger partial charge is 0.326 e. The van der Waals surface area contributed by atoms with E-state index in [9.17, 15) is 0 Å². The van der Waals surface area contributed by atoms with Crippen LogP contribution in [0.2, 0.25) is 0 Å². The molecular weight excluding hydrogens is 148 g/mol. The number of rotatable bonds is 3. The molecule has 0 aliphatic rings. The molecule has 0 bridgehead atoms. The number of hydrogen-bond acceptors (Lipinski definition) is 2. The van der Waals surface area contributed by atoms with Crippen molar-refractivity contribution in [3.05, 3.63) is 29.6 Å². The Balaban J connectivity index is 2.72. The lowest BCUT2D eigenvalue weighted by atomic mass is 10.1. The first-order chi connectivity index (χ1) is 5.72. The van der Waals surface area contributed by atoms with Gasteiger partial charge in [-0.1, -0.05) is 13.8 Å². The molecule has 0 aliphatic carbocycles. The quantitative estimate of drug-likeness (QED) is 0.739. The summed E-state index contributed by atoms with van der Waals surface area (Å²) < 4.78 is 0. The fourth-order valence-corrected chi connectivity index (χ4v) is 1.19. The van der Waals surface area contributed by atoms with E-state index in [2.05, 4.69) is 24.9 Å². The number of aromatic nitrogens is 1. The molecule has 0 unspecified atom stereocenters. The minimum Gasteiger partial charge on any atom is -0.326 e. The third-order valence-electron chi connectivity index (χ3n) is 1.73. The van der Waals surface area contributed by atoms with E-state index in [1.165, 1.54) is 5.56 Å². The molecule has 1 rings (SSSR count). The maximum absolute atomic E-state index is 5.52. The number of pyridine rings is 1. The Hall–Kier alpha value is -0.890. The Bertz CT molecular complexity index is 243. The maximum Gasteiger partial charge on any atom is 0.0409 e. The van der Waals surface area contributed by atoms with Crippen molar-refractivity contribution in [2.45, 2.75) is 26.8 Å². The van der Waals surface area contributed by atoms with Gasteiger partial charge in [0.1, 0.15) is 0 Å². The van der Waals surface area contributed by atoms with Crippen molar-refractivity contribution in [1.29, 1.82) is 0 Å². The van der Waals surface area contributed by atoms with Crippen LogP contribution in [0.15, 0.2) is 18.3 Å². The van der Waals surface area contributed by atoms with Crippen molar-refractivity contribution in [3.63, 3.8) is 0 Å². The van der Waals surface area contributed by atoms with Gasteiger partial charge in [0.2, 0.25) is 0 Å². The van der Waals surface area contributed by atoms with Crippen molar-refractivity contribution < 1.29 is 0 Å². The molecule has 0 aromatic carbocycles. The van der Waals surface area contributed by atoms with Gasteiger partial charge in [-0.15, -0.1) is 0 Å². The summed E-state index contributed by atoms with van der Waals surface area (Å²) in [5, 5.41) is 0. The van der Waals surface area contributed by atoms with Crippen LogP contribution < -0.4 is 5.73 Å². The SMILES string of the molecule is CC(C)Cc1cc(CN)ccn1. The summed E-state index contributed by atoms with van der Waals surface area (Å²) in [5.41, 5.74) is 7.84. The van der Waals surface area contributed by atoms with Crippen LogP contribution in [0.1, 0.15) is 25.1 Å². The van der Waals surface area contributed by atoms with E-state index in [4.69, 9.17) is 5.73 Å². The third-order valence-corrected chi connectivity index (χ3v) is 1.73. The summed E-state index contributed by atoms with van der Waals surface area (Å²) in [5.74, 6) is 0.658. The van der Waals surface area contributed by atoms with Crippen molar-refractivity contribution >= 4 is 0 Å². The summed E-state index contributed by atoms with van der Waals surface area (Å²) in [6.45, 7) is 4.99. The highest BCUT2D eigenvalue weighted by Gasteiger charge is 1.99. The van der Waals surface area contributed by atoms with Crippen molar-refractivity contribution in [3.8, 4) is 0 Å². The third kappa shape index (κ3) is 2.62. The van der Waals surface area contributed by atoms with Gasteiger partial charge < -0.3 is 5.73 Å². The topological polar surface area (TPSA) is 38.9 Å². The number of nitrogens with two attached hydrogens (primary N) is 1. The first-order valence-corrected chi connectivity index (χ1v) is 4.36. The Kier molecular flexibility index (Phi) is 3.23. The van der Waals surface area contributed by atoms with Crippen molar-refractivity contribution in [2.75, 3.05) is 0 Å². The highest BCUT2D eigenvalue weighted by atomic mass is 14.7. The van der Waals surface area contributed by atoms with Crippen LogP contribution in [0.5, 0.6) is 0 Å². The van der Waals surface area contributed by atoms with Gasteiger partial charge >= 0.3 is 0 Å². The summed E-state index contributed by atoms with van der Waals surface area (Å²) in [7, 11) is 0. The molecule has 0 saturated carbocycles. The summed E-state index contributed by atoms with van der Waals surface area (Å²) >= 11 is 0. The predicted octanol–water partition coefficient (Wildman–Crippen LogP) is 1.74. The van der Waals surface area contributed by atoms with E-state index >= 15 is 0 Å². The molecular formula is C10H16N2. The number of nitrogens with zero attached hydrogens (tertiary/aromatic N) is 1. The van der Waals surface area contributed by atoms with Crippen molar-refractivity contribution in [1.82, 2.24) is 4.98 Å². The Morgan fingerprint density at radius 3 is 2.83 bits per heavy atom. The Morgan fingerprint density at radius 2 is 2.25 bits per heavy atom. The molecule has 0 amide bonds. The van der Waals surface area contributed by atoms with Gasteiger partial charge in [0.05, 0.1) is 0 Å². The van der Waals surface area contributed by atoms with Gasteiger partial charge in [-0.2, -0.15) is 0 Å². The second kappa shape index (κ2) is 4.21.